The van der Waals surface area contributed by atoms with Crippen LogP contribution in [0.15, 0.2) is 6.07 Å². The molecule has 78 valence electrons. The van der Waals surface area contributed by atoms with Crippen LogP contribution in [0.1, 0.15) is 12.1 Å². The van der Waals surface area contributed by atoms with Gasteiger partial charge in [0.15, 0.2) is 0 Å². The summed E-state index contributed by atoms with van der Waals surface area (Å²) in [4.78, 5) is 3.51. The Labute approximate surface area is 84.6 Å². The molecule has 0 radical (unpaired) electrons. The van der Waals surface area contributed by atoms with E-state index in [2.05, 4.69) is 4.98 Å². The molecule has 0 amide bonds. The van der Waals surface area contributed by atoms with Crippen LogP contribution in [0.5, 0.6) is 11.6 Å². The van der Waals surface area contributed by atoms with Gasteiger partial charge in [-0.15, -0.1) is 0 Å². The van der Waals surface area contributed by atoms with Gasteiger partial charge in [0, 0.05) is 6.07 Å². The van der Waals surface area contributed by atoms with Gasteiger partial charge in [0.25, 0.3) is 6.43 Å². The highest BCUT2D eigenvalue weighted by molar-refractivity contribution is 6.32. The number of rotatable bonds is 3. The lowest BCUT2D eigenvalue weighted by molar-refractivity contribution is 0.144. The molecule has 0 aliphatic carbocycles. The minimum absolute atomic E-state index is 0.0431. The summed E-state index contributed by atoms with van der Waals surface area (Å²) >= 11 is 5.61. The van der Waals surface area contributed by atoms with Crippen LogP contribution in [0.4, 0.5) is 8.78 Å². The third kappa shape index (κ3) is 2.04. The molecular weight excluding hydrogens is 216 g/mol. The van der Waals surface area contributed by atoms with Crippen molar-refractivity contribution < 1.29 is 18.3 Å². The molecule has 1 rings (SSSR count). The van der Waals surface area contributed by atoms with Gasteiger partial charge in [0.05, 0.1) is 14.2 Å². The van der Waals surface area contributed by atoms with E-state index in [4.69, 9.17) is 21.1 Å². The Morgan fingerprint density at radius 2 is 2.00 bits per heavy atom. The number of hydrogen-bond acceptors (Lipinski definition) is 3. The minimum atomic E-state index is -2.76. The largest absolute Gasteiger partial charge is 0.495 e. The van der Waals surface area contributed by atoms with Crippen molar-refractivity contribution in [2.24, 2.45) is 0 Å². The van der Waals surface area contributed by atoms with Crippen LogP contribution < -0.4 is 9.47 Å². The second-order valence-corrected chi connectivity index (χ2v) is 2.74. The van der Waals surface area contributed by atoms with Gasteiger partial charge in [0.2, 0.25) is 5.88 Å². The highest BCUT2D eigenvalue weighted by Gasteiger charge is 2.19. The fourth-order valence-electron chi connectivity index (χ4n) is 0.899. The molecule has 0 bridgehead atoms. The topological polar surface area (TPSA) is 31.4 Å². The molecule has 0 spiro atoms. The smallest absolute Gasteiger partial charge is 0.282 e. The predicted molar refractivity (Wildman–Crippen MR) is 47.3 cm³/mol. The molecule has 0 fully saturated rings. The van der Waals surface area contributed by atoms with E-state index < -0.39 is 12.1 Å². The normalized spacial score (nSPS) is 10.4. The molecule has 0 atom stereocenters. The fourth-order valence-corrected chi connectivity index (χ4v) is 1.16. The molecule has 0 unspecified atom stereocenters. The summed E-state index contributed by atoms with van der Waals surface area (Å²) in [6.45, 7) is 0. The van der Waals surface area contributed by atoms with Crippen molar-refractivity contribution in [1.29, 1.82) is 0 Å². The van der Waals surface area contributed by atoms with E-state index in [0.717, 1.165) is 0 Å². The maximum Gasteiger partial charge on any atom is 0.282 e. The van der Waals surface area contributed by atoms with Gasteiger partial charge in [0.1, 0.15) is 16.5 Å². The van der Waals surface area contributed by atoms with E-state index in [1.54, 1.807) is 0 Å². The van der Waals surface area contributed by atoms with Crippen LogP contribution in [0.2, 0.25) is 5.02 Å². The van der Waals surface area contributed by atoms with Crippen molar-refractivity contribution >= 4 is 11.6 Å². The Hall–Kier alpha value is -1.10. The lowest BCUT2D eigenvalue weighted by atomic mass is 10.3. The Morgan fingerprint density at radius 1 is 1.36 bits per heavy atom. The number of ether oxygens (including phenoxy) is 2. The van der Waals surface area contributed by atoms with E-state index in [1.807, 2.05) is 0 Å². The predicted octanol–water partition coefficient (Wildman–Crippen LogP) is 2.69. The number of aromatic nitrogens is 1. The average Bonchev–Trinajstić information content (AvgIpc) is 2.17. The monoisotopic (exact) mass is 223 g/mol. The quantitative estimate of drug-likeness (QED) is 0.790. The molecule has 6 heteroatoms. The molecule has 1 heterocycles. The van der Waals surface area contributed by atoms with E-state index in [9.17, 15) is 8.78 Å². The van der Waals surface area contributed by atoms with Gasteiger partial charge in [-0.05, 0) is 0 Å². The van der Waals surface area contributed by atoms with Crippen LogP contribution in [-0.4, -0.2) is 19.2 Å². The Kier molecular flexibility index (Phi) is 3.46. The summed E-state index contributed by atoms with van der Waals surface area (Å²) in [6.07, 6.45) is -2.76. The van der Waals surface area contributed by atoms with Gasteiger partial charge in [-0.2, -0.15) is 0 Å². The van der Waals surface area contributed by atoms with Crippen molar-refractivity contribution in [2.45, 2.75) is 6.43 Å². The molecule has 0 N–H and O–H groups in total. The average molecular weight is 224 g/mol. The highest BCUT2D eigenvalue weighted by Crippen LogP contribution is 2.35. The Balaban J connectivity index is 3.27. The SMILES string of the molecule is COc1cc(OC)c(Cl)c(C(F)F)n1. The zero-order valence-corrected chi connectivity index (χ0v) is 8.31. The summed E-state index contributed by atoms with van der Waals surface area (Å²) in [6, 6.07) is 1.34. The van der Waals surface area contributed by atoms with Crippen LogP contribution >= 0.6 is 11.6 Å². The van der Waals surface area contributed by atoms with E-state index in [0.29, 0.717) is 0 Å². The summed E-state index contributed by atoms with van der Waals surface area (Å²) in [5.41, 5.74) is -0.539. The summed E-state index contributed by atoms with van der Waals surface area (Å²) in [5, 5.41) is -0.191. The van der Waals surface area contributed by atoms with E-state index >= 15 is 0 Å². The third-order valence-electron chi connectivity index (χ3n) is 1.56. The van der Waals surface area contributed by atoms with Crippen LogP contribution in [-0.2, 0) is 0 Å². The maximum atomic E-state index is 12.4. The molecule has 0 aliphatic heterocycles. The number of pyridine rings is 1. The van der Waals surface area contributed by atoms with Gasteiger partial charge in [-0.1, -0.05) is 11.6 Å². The van der Waals surface area contributed by atoms with Crippen molar-refractivity contribution in [2.75, 3.05) is 14.2 Å². The van der Waals surface area contributed by atoms with Crippen molar-refractivity contribution in [3.05, 3.63) is 16.8 Å². The van der Waals surface area contributed by atoms with E-state index in [-0.39, 0.29) is 16.7 Å². The number of halogens is 3. The van der Waals surface area contributed by atoms with Crippen molar-refractivity contribution in [3.8, 4) is 11.6 Å². The van der Waals surface area contributed by atoms with Crippen LogP contribution in [0, 0.1) is 0 Å². The molecule has 1 aromatic rings. The van der Waals surface area contributed by atoms with Crippen LogP contribution in [0.3, 0.4) is 0 Å². The number of alkyl halides is 2. The first-order valence-electron chi connectivity index (χ1n) is 3.66. The summed E-state index contributed by atoms with van der Waals surface area (Å²) in [7, 11) is 2.65. The second-order valence-electron chi connectivity index (χ2n) is 2.37. The zero-order chi connectivity index (χ0) is 10.7. The van der Waals surface area contributed by atoms with Gasteiger partial charge in [-0.3, -0.25) is 0 Å². The maximum absolute atomic E-state index is 12.4. The summed E-state index contributed by atoms with van der Waals surface area (Å²) < 4.78 is 34.3. The number of methoxy groups -OCH3 is 2. The Bertz CT molecular complexity index is 333. The highest BCUT2D eigenvalue weighted by atomic mass is 35.5. The van der Waals surface area contributed by atoms with Gasteiger partial charge in [-0.25, -0.2) is 13.8 Å². The van der Waals surface area contributed by atoms with Gasteiger partial charge >= 0.3 is 0 Å². The lowest BCUT2D eigenvalue weighted by Gasteiger charge is -2.09. The minimum Gasteiger partial charge on any atom is -0.495 e. The molecule has 0 saturated carbocycles. The number of nitrogens with zero attached hydrogens (tertiary/aromatic N) is 1. The molecular formula is C8H8ClF2NO2. The molecule has 0 saturated heterocycles. The summed E-state index contributed by atoms with van der Waals surface area (Å²) in [5.74, 6) is 0.162. The molecule has 3 nitrogen and oxygen atoms in total. The first kappa shape index (κ1) is 11.0. The third-order valence-corrected chi connectivity index (χ3v) is 1.94. The lowest BCUT2D eigenvalue weighted by Crippen LogP contribution is -1.98. The standard InChI is InChI=1S/C8H8ClF2NO2/c1-13-4-3-5(14-2)12-7(6(4)9)8(10)11/h3,8H,1-2H3. The number of hydrogen-bond donors (Lipinski definition) is 0. The first-order chi connectivity index (χ1) is 6.60. The van der Waals surface area contributed by atoms with Crippen molar-refractivity contribution in [3.63, 3.8) is 0 Å². The molecule has 0 aliphatic rings. The van der Waals surface area contributed by atoms with Crippen molar-refractivity contribution in [1.82, 2.24) is 4.98 Å². The first-order valence-corrected chi connectivity index (χ1v) is 4.04. The van der Waals surface area contributed by atoms with Gasteiger partial charge < -0.3 is 9.47 Å². The molecule has 0 aromatic carbocycles. The Morgan fingerprint density at radius 3 is 2.43 bits per heavy atom. The second kappa shape index (κ2) is 4.41. The van der Waals surface area contributed by atoms with E-state index in [1.165, 1.54) is 20.3 Å². The zero-order valence-electron chi connectivity index (χ0n) is 7.55. The molecule has 1 aromatic heterocycles. The van der Waals surface area contributed by atoms with Crippen LogP contribution in [0.25, 0.3) is 0 Å². The fraction of sp³-hybridized carbons (Fsp3) is 0.375. The molecule has 14 heavy (non-hydrogen) atoms.